The monoisotopic (exact) mass is 335 g/mol. The van der Waals surface area contributed by atoms with Crippen molar-refractivity contribution in [2.75, 3.05) is 5.32 Å². The number of fused-ring (bicyclic) bond motifs is 1. The van der Waals surface area contributed by atoms with E-state index in [1.54, 1.807) is 17.1 Å². The lowest BCUT2D eigenvalue weighted by Crippen LogP contribution is -2.15. The van der Waals surface area contributed by atoms with Crippen molar-refractivity contribution in [3.63, 3.8) is 0 Å². The summed E-state index contributed by atoms with van der Waals surface area (Å²) in [5.74, 6) is 0.717. The molecule has 2 aromatic heterocycles. The van der Waals surface area contributed by atoms with Gasteiger partial charge in [0.05, 0.1) is 17.6 Å². The molecule has 1 aliphatic heterocycles. The molecule has 0 radical (unpaired) electrons. The van der Waals surface area contributed by atoms with Gasteiger partial charge in [-0.05, 0) is 19.3 Å². The molecular weight excluding hydrogens is 314 g/mol. The molecule has 0 bridgehead atoms. The predicted molar refractivity (Wildman–Crippen MR) is 96.4 cm³/mol. The molecular formula is C19H21N5O. The number of hydrogen-bond acceptors (Lipinski definition) is 3. The molecule has 1 amide bonds. The summed E-state index contributed by atoms with van der Waals surface area (Å²) < 4.78 is 3.89. The maximum absolute atomic E-state index is 12.8. The van der Waals surface area contributed by atoms with E-state index in [-0.39, 0.29) is 5.91 Å². The van der Waals surface area contributed by atoms with Gasteiger partial charge in [0, 0.05) is 25.4 Å². The first-order chi connectivity index (χ1) is 12.2. The molecule has 6 nitrogen and oxygen atoms in total. The largest absolute Gasteiger partial charge is 0.327 e. The topological polar surface area (TPSA) is 64.7 Å². The number of hydrogen-bond donors (Lipinski definition) is 1. The lowest BCUT2D eigenvalue weighted by molar-refractivity contribution is 0.102. The number of imidazole rings is 1. The number of nitrogens with zero attached hydrogens (tertiary/aromatic N) is 4. The average molecular weight is 335 g/mol. The van der Waals surface area contributed by atoms with Crippen LogP contribution in [0.5, 0.6) is 0 Å². The van der Waals surface area contributed by atoms with Crippen molar-refractivity contribution in [1.82, 2.24) is 19.3 Å². The first-order valence-corrected chi connectivity index (χ1v) is 8.67. The normalized spacial score (nSPS) is 14.0. The minimum atomic E-state index is -0.166. The van der Waals surface area contributed by atoms with E-state index in [2.05, 4.69) is 15.0 Å². The highest BCUT2D eigenvalue weighted by atomic mass is 16.1. The molecule has 0 unspecified atom stereocenters. The third-order valence-electron chi connectivity index (χ3n) is 4.58. The summed E-state index contributed by atoms with van der Waals surface area (Å²) in [5.41, 5.74) is 3.30. The second-order valence-corrected chi connectivity index (χ2v) is 6.42. The van der Waals surface area contributed by atoms with Gasteiger partial charge >= 0.3 is 0 Å². The smallest absolute Gasteiger partial charge is 0.276 e. The van der Waals surface area contributed by atoms with Gasteiger partial charge in [-0.15, -0.1) is 0 Å². The van der Waals surface area contributed by atoms with Crippen LogP contribution < -0.4 is 5.32 Å². The minimum absolute atomic E-state index is 0.166. The molecule has 128 valence electrons. The molecule has 0 saturated heterocycles. The van der Waals surface area contributed by atoms with Gasteiger partial charge in [-0.3, -0.25) is 9.48 Å². The van der Waals surface area contributed by atoms with Crippen LogP contribution in [0.15, 0.2) is 42.7 Å². The maximum atomic E-state index is 12.8. The van der Waals surface area contributed by atoms with Crippen molar-refractivity contribution >= 4 is 11.6 Å². The lowest BCUT2D eigenvalue weighted by atomic mass is 10.1. The third-order valence-corrected chi connectivity index (χ3v) is 4.58. The van der Waals surface area contributed by atoms with Crippen molar-refractivity contribution in [3.8, 4) is 11.4 Å². The van der Waals surface area contributed by atoms with Crippen molar-refractivity contribution in [2.45, 2.75) is 32.2 Å². The summed E-state index contributed by atoms with van der Waals surface area (Å²) in [7, 11) is 1.83. The van der Waals surface area contributed by atoms with Crippen LogP contribution in [-0.4, -0.2) is 25.2 Å². The average Bonchev–Trinajstić information content (AvgIpc) is 3.11. The number of carbonyl (C=O) groups excluding carboxylic acids is 1. The number of anilines is 1. The highest BCUT2D eigenvalue weighted by Gasteiger charge is 2.24. The number of rotatable bonds is 3. The fourth-order valence-electron chi connectivity index (χ4n) is 3.39. The second kappa shape index (κ2) is 6.55. The molecule has 3 aromatic rings. The van der Waals surface area contributed by atoms with Crippen molar-refractivity contribution < 1.29 is 4.79 Å². The molecule has 1 aromatic carbocycles. The van der Waals surface area contributed by atoms with Crippen LogP contribution in [-0.2, 0) is 20.0 Å². The quantitative estimate of drug-likeness (QED) is 0.799. The Labute approximate surface area is 146 Å². The Hall–Kier alpha value is -2.89. The molecule has 0 aliphatic carbocycles. The van der Waals surface area contributed by atoms with Crippen molar-refractivity contribution in [3.05, 3.63) is 54.1 Å². The number of aryl methyl sites for hydroxylation is 1. The first kappa shape index (κ1) is 15.6. The van der Waals surface area contributed by atoms with E-state index in [0.717, 1.165) is 42.9 Å². The standard InChI is InChI=1S/C19H21N5O/c1-23-13-15(12-20-23)21-19(25)17-16-10-6-3-7-11-24(16)18(22-17)14-8-4-2-5-9-14/h2,4-5,8-9,12-13H,3,6-7,10-11H2,1H3,(H,21,25). The SMILES string of the molecule is Cn1cc(NC(=O)c2nc(-c3ccccc3)n3c2CCCCC3)cn1. The van der Waals surface area contributed by atoms with Gasteiger partial charge in [0.2, 0.25) is 0 Å². The van der Waals surface area contributed by atoms with Gasteiger partial charge < -0.3 is 9.88 Å². The van der Waals surface area contributed by atoms with E-state index in [1.807, 2.05) is 37.4 Å². The zero-order valence-electron chi connectivity index (χ0n) is 14.3. The van der Waals surface area contributed by atoms with Crippen LogP contribution in [0.1, 0.15) is 35.4 Å². The first-order valence-electron chi connectivity index (χ1n) is 8.67. The second-order valence-electron chi connectivity index (χ2n) is 6.42. The van der Waals surface area contributed by atoms with E-state index in [0.29, 0.717) is 11.4 Å². The molecule has 25 heavy (non-hydrogen) atoms. The third kappa shape index (κ3) is 3.07. The van der Waals surface area contributed by atoms with Crippen LogP contribution in [0.3, 0.4) is 0 Å². The zero-order valence-corrected chi connectivity index (χ0v) is 14.3. The summed E-state index contributed by atoms with van der Waals surface area (Å²) in [6.07, 6.45) is 7.70. The molecule has 0 saturated carbocycles. The van der Waals surface area contributed by atoms with E-state index >= 15 is 0 Å². The number of nitrogens with one attached hydrogen (secondary N) is 1. The summed E-state index contributed by atoms with van der Waals surface area (Å²) in [5, 5.41) is 7.01. The fraction of sp³-hybridized carbons (Fsp3) is 0.316. The van der Waals surface area contributed by atoms with Crippen LogP contribution in [0.4, 0.5) is 5.69 Å². The number of benzene rings is 1. The van der Waals surface area contributed by atoms with Crippen LogP contribution >= 0.6 is 0 Å². The summed E-state index contributed by atoms with van der Waals surface area (Å²) in [4.78, 5) is 17.6. The Kier molecular flexibility index (Phi) is 4.09. The Bertz CT molecular complexity index is 894. The molecule has 6 heteroatoms. The highest BCUT2D eigenvalue weighted by Crippen LogP contribution is 2.27. The molecule has 1 aliphatic rings. The number of amides is 1. The van der Waals surface area contributed by atoms with Gasteiger partial charge in [0.25, 0.3) is 5.91 Å². The number of carbonyl (C=O) groups is 1. The van der Waals surface area contributed by atoms with Crippen molar-refractivity contribution in [2.24, 2.45) is 7.05 Å². The predicted octanol–water partition coefficient (Wildman–Crippen LogP) is 3.26. The van der Waals surface area contributed by atoms with Crippen LogP contribution in [0.25, 0.3) is 11.4 Å². The van der Waals surface area contributed by atoms with Gasteiger partial charge in [-0.25, -0.2) is 4.98 Å². The van der Waals surface area contributed by atoms with Crippen LogP contribution in [0.2, 0.25) is 0 Å². The van der Waals surface area contributed by atoms with Gasteiger partial charge in [-0.1, -0.05) is 36.8 Å². The molecule has 0 fully saturated rings. The molecule has 0 atom stereocenters. The van der Waals surface area contributed by atoms with E-state index in [4.69, 9.17) is 4.98 Å². The number of aromatic nitrogens is 4. The molecule has 0 spiro atoms. The maximum Gasteiger partial charge on any atom is 0.276 e. The van der Waals surface area contributed by atoms with E-state index < -0.39 is 0 Å². The Morgan fingerprint density at radius 3 is 2.76 bits per heavy atom. The molecule has 1 N–H and O–H groups in total. The Balaban J connectivity index is 1.74. The summed E-state index contributed by atoms with van der Waals surface area (Å²) in [6.45, 7) is 0.909. The van der Waals surface area contributed by atoms with Gasteiger partial charge in [-0.2, -0.15) is 5.10 Å². The zero-order chi connectivity index (χ0) is 17.2. The minimum Gasteiger partial charge on any atom is -0.327 e. The van der Waals surface area contributed by atoms with E-state index in [9.17, 15) is 4.79 Å². The molecule has 4 rings (SSSR count). The lowest BCUT2D eigenvalue weighted by Gasteiger charge is -2.08. The molecule has 3 heterocycles. The summed E-state index contributed by atoms with van der Waals surface area (Å²) in [6, 6.07) is 10.1. The summed E-state index contributed by atoms with van der Waals surface area (Å²) >= 11 is 0. The fourth-order valence-corrected chi connectivity index (χ4v) is 3.39. The van der Waals surface area contributed by atoms with Crippen LogP contribution in [0, 0.1) is 0 Å². The Morgan fingerprint density at radius 2 is 2.00 bits per heavy atom. The highest BCUT2D eigenvalue weighted by molar-refractivity contribution is 6.04. The van der Waals surface area contributed by atoms with Crippen molar-refractivity contribution in [1.29, 1.82) is 0 Å². The Morgan fingerprint density at radius 1 is 1.16 bits per heavy atom. The van der Waals surface area contributed by atoms with Gasteiger partial charge in [0.15, 0.2) is 0 Å². The van der Waals surface area contributed by atoms with Gasteiger partial charge in [0.1, 0.15) is 11.5 Å². The van der Waals surface area contributed by atoms with E-state index in [1.165, 1.54) is 6.42 Å².